The standard InChI is InChI=1S/C34H31FN6O4/c1-3-4-13-30-36-21(2)27(19-29-37-31(44-39-29)18-24-9-5-8-12-28(24)35)33(42)41(30)20-22-14-16-23(17-15-22)25-10-6-7-11-26(25)32-38-34(43)45-40-32/h5-12,14-17H,3-4,13,18-20H2,1-2H3,(H,38,40,43). The molecule has 0 saturated heterocycles. The van der Waals surface area contributed by atoms with E-state index in [1.807, 2.05) is 55.5 Å². The van der Waals surface area contributed by atoms with E-state index in [9.17, 15) is 14.0 Å². The molecule has 0 aliphatic heterocycles. The highest BCUT2D eigenvalue weighted by Crippen LogP contribution is 2.30. The van der Waals surface area contributed by atoms with Gasteiger partial charge in [0.25, 0.3) is 5.56 Å². The fourth-order valence-corrected chi connectivity index (χ4v) is 5.30. The lowest BCUT2D eigenvalue weighted by Crippen LogP contribution is -2.30. The van der Waals surface area contributed by atoms with Crippen molar-refractivity contribution < 1.29 is 13.4 Å². The van der Waals surface area contributed by atoms with Gasteiger partial charge in [-0.3, -0.25) is 18.9 Å². The lowest BCUT2D eigenvalue weighted by Gasteiger charge is -2.16. The summed E-state index contributed by atoms with van der Waals surface area (Å²) in [5.41, 5.74) is 4.87. The number of unbranched alkanes of at least 4 members (excludes halogenated alkanes) is 1. The van der Waals surface area contributed by atoms with Crippen LogP contribution >= 0.6 is 0 Å². The van der Waals surface area contributed by atoms with Crippen molar-refractivity contribution in [1.29, 1.82) is 0 Å². The Morgan fingerprint density at radius 3 is 2.36 bits per heavy atom. The number of nitrogens with zero attached hydrogens (tertiary/aromatic N) is 5. The molecule has 0 aliphatic carbocycles. The average molecular weight is 607 g/mol. The molecule has 0 spiro atoms. The van der Waals surface area contributed by atoms with Gasteiger partial charge in [-0.15, -0.1) is 0 Å². The summed E-state index contributed by atoms with van der Waals surface area (Å²) in [7, 11) is 0. The lowest BCUT2D eigenvalue weighted by atomic mass is 9.98. The second kappa shape index (κ2) is 13.0. The van der Waals surface area contributed by atoms with Crippen molar-refractivity contribution in [3.8, 4) is 22.5 Å². The van der Waals surface area contributed by atoms with Gasteiger partial charge in [0, 0.05) is 29.7 Å². The second-order valence-corrected chi connectivity index (χ2v) is 10.8. The van der Waals surface area contributed by atoms with Crippen molar-refractivity contribution in [3.63, 3.8) is 0 Å². The van der Waals surface area contributed by atoms with Gasteiger partial charge in [0.1, 0.15) is 11.6 Å². The van der Waals surface area contributed by atoms with Gasteiger partial charge in [0.05, 0.1) is 13.0 Å². The summed E-state index contributed by atoms with van der Waals surface area (Å²) in [6.45, 7) is 4.26. The van der Waals surface area contributed by atoms with E-state index in [2.05, 4.69) is 27.2 Å². The molecule has 6 rings (SSSR count). The Labute approximate surface area is 257 Å². The molecule has 0 bridgehead atoms. The highest BCUT2D eigenvalue weighted by Gasteiger charge is 2.19. The lowest BCUT2D eigenvalue weighted by molar-refractivity contribution is 0.378. The van der Waals surface area contributed by atoms with Crippen LogP contribution in [0.3, 0.4) is 0 Å². The molecule has 3 aromatic heterocycles. The van der Waals surface area contributed by atoms with Crippen molar-refractivity contribution in [2.45, 2.75) is 52.5 Å². The third kappa shape index (κ3) is 6.57. The zero-order valence-corrected chi connectivity index (χ0v) is 24.9. The largest absolute Gasteiger partial charge is 0.439 e. The zero-order valence-electron chi connectivity index (χ0n) is 24.9. The monoisotopic (exact) mass is 606 g/mol. The summed E-state index contributed by atoms with van der Waals surface area (Å²) in [6, 6.07) is 21.9. The quantitative estimate of drug-likeness (QED) is 0.200. The third-order valence-electron chi connectivity index (χ3n) is 7.67. The van der Waals surface area contributed by atoms with Crippen LogP contribution < -0.4 is 11.3 Å². The fourth-order valence-electron chi connectivity index (χ4n) is 5.30. The van der Waals surface area contributed by atoms with Gasteiger partial charge in [0.15, 0.2) is 11.6 Å². The Morgan fingerprint density at radius 1 is 0.867 bits per heavy atom. The van der Waals surface area contributed by atoms with Crippen molar-refractivity contribution in [1.82, 2.24) is 29.8 Å². The molecule has 0 amide bonds. The van der Waals surface area contributed by atoms with Gasteiger partial charge in [-0.05, 0) is 41.7 Å². The summed E-state index contributed by atoms with van der Waals surface area (Å²) in [5.74, 6) is 0.732. The number of hydrogen-bond donors (Lipinski definition) is 1. The summed E-state index contributed by atoms with van der Waals surface area (Å²) in [4.78, 5) is 37.4. The van der Waals surface area contributed by atoms with Crippen LogP contribution in [0.4, 0.5) is 4.39 Å². The van der Waals surface area contributed by atoms with E-state index < -0.39 is 5.76 Å². The summed E-state index contributed by atoms with van der Waals surface area (Å²) in [6.07, 6.45) is 2.84. The number of halogens is 1. The Bertz CT molecular complexity index is 2060. The SMILES string of the molecule is CCCCc1nc(C)c(Cc2noc(Cc3ccccc3F)n2)c(=O)n1Cc1ccc(-c2ccccc2-c2noc(=O)[nH]2)cc1. The van der Waals surface area contributed by atoms with Crippen LogP contribution in [0.15, 0.2) is 91.4 Å². The topological polar surface area (TPSA) is 133 Å². The number of H-pyrrole nitrogens is 1. The molecule has 0 radical (unpaired) electrons. The molecule has 0 fully saturated rings. The first-order valence-corrected chi connectivity index (χ1v) is 14.8. The Morgan fingerprint density at radius 2 is 1.62 bits per heavy atom. The minimum absolute atomic E-state index is 0.145. The maximum atomic E-state index is 14.1. The normalized spacial score (nSPS) is 11.3. The van der Waals surface area contributed by atoms with E-state index in [0.717, 1.165) is 40.9 Å². The Kier molecular flexibility index (Phi) is 8.58. The molecular weight excluding hydrogens is 575 g/mol. The Hall–Kier alpha value is -5.45. The average Bonchev–Trinajstić information content (AvgIpc) is 3.69. The molecular formula is C34H31FN6O4. The van der Waals surface area contributed by atoms with Gasteiger partial charge >= 0.3 is 5.76 Å². The first kappa shape index (κ1) is 29.6. The molecule has 6 aromatic rings. The van der Waals surface area contributed by atoms with Crippen molar-refractivity contribution in [3.05, 3.63) is 139 Å². The van der Waals surface area contributed by atoms with Gasteiger partial charge in [-0.2, -0.15) is 4.98 Å². The number of rotatable bonds is 11. The van der Waals surface area contributed by atoms with Gasteiger partial charge < -0.3 is 4.52 Å². The van der Waals surface area contributed by atoms with Crippen molar-refractivity contribution >= 4 is 0 Å². The number of aromatic amines is 1. The van der Waals surface area contributed by atoms with Crippen molar-refractivity contribution in [2.24, 2.45) is 0 Å². The number of aryl methyl sites for hydroxylation is 2. The smallest absolute Gasteiger partial charge is 0.339 e. The van der Waals surface area contributed by atoms with Crippen LogP contribution in [0.5, 0.6) is 0 Å². The molecule has 3 heterocycles. The van der Waals surface area contributed by atoms with Crippen LogP contribution in [0, 0.1) is 12.7 Å². The summed E-state index contributed by atoms with van der Waals surface area (Å²) < 4.78 is 25.9. The summed E-state index contributed by atoms with van der Waals surface area (Å²) >= 11 is 0. The van der Waals surface area contributed by atoms with Gasteiger partial charge in [0.2, 0.25) is 5.89 Å². The highest BCUT2D eigenvalue weighted by molar-refractivity contribution is 5.80. The number of hydrogen-bond acceptors (Lipinski definition) is 8. The molecule has 10 nitrogen and oxygen atoms in total. The first-order chi connectivity index (χ1) is 21.9. The minimum Gasteiger partial charge on any atom is -0.339 e. The van der Waals surface area contributed by atoms with E-state index in [0.29, 0.717) is 41.4 Å². The van der Waals surface area contributed by atoms with E-state index >= 15 is 0 Å². The van der Waals surface area contributed by atoms with E-state index in [1.165, 1.54) is 6.07 Å². The third-order valence-corrected chi connectivity index (χ3v) is 7.67. The fraction of sp³-hybridized carbons (Fsp3) is 0.235. The molecule has 0 aliphatic rings. The van der Waals surface area contributed by atoms with Crippen LogP contribution in [0.1, 0.15) is 59.7 Å². The van der Waals surface area contributed by atoms with E-state index in [1.54, 1.807) is 22.8 Å². The molecule has 3 aromatic carbocycles. The van der Waals surface area contributed by atoms with E-state index in [-0.39, 0.29) is 30.1 Å². The van der Waals surface area contributed by atoms with Crippen LogP contribution in [0.25, 0.3) is 22.5 Å². The maximum Gasteiger partial charge on any atom is 0.439 e. The number of nitrogens with one attached hydrogen (secondary N) is 1. The van der Waals surface area contributed by atoms with Gasteiger partial charge in [-0.1, -0.05) is 90.4 Å². The molecule has 11 heteroatoms. The molecule has 45 heavy (non-hydrogen) atoms. The van der Waals surface area contributed by atoms with Gasteiger partial charge in [-0.25, -0.2) is 14.2 Å². The summed E-state index contributed by atoms with van der Waals surface area (Å²) in [5, 5.41) is 7.90. The molecule has 0 saturated carbocycles. The van der Waals surface area contributed by atoms with E-state index in [4.69, 9.17) is 14.0 Å². The molecule has 228 valence electrons. The number of benzene rings is 3. The predicted octanol–water partition coefficient (Wildman–Crippen LogP) is 5.66. The maximum absolute atomic E-state index is 14.1. The minimum atomic E-state index is -0.618. The molecule has 0 atom stereocenters. The number of aromatic nitrogens is 6. The Balaban J connectivity index is 1.27. The first-order valence-electron chi connectivity index (χ1n) is 14.8. The molecule has 0 unspecified atom stereocenters. The van der Waals surface area contributed by atoms with Crippen LogP contribution in [0.2, 0.25) is 0 Å². The zero-order chi connectivity index (χ0) is 31.3. The second-order valence-electron chi connectivity index (χ2n) is 10.8. The molecule has 1 N–H and O–H groups in total. The van der Waals surface area contributed by atoms with Crippen LogP contribution in [-0.4, -0.2) is 29.8 Å². The predicted molar refractivity (Wildman–Crippen MR) is 165 cm³/mol. The van der Waals surface area contributed by atoms with Crippen LogP contribution in [-0.2, 0) is 25.8 Å². The highest BCUT2D eigenvalue weighted by atomic mass is 19.1. The van der Waals surface area contributed by atoms with Crippen molar-refractivity contribution in [2.75, 3.05) is 0 Å².